The molecule has 1 N–H and O–H groups in total. The van der Waals surface area contributed by atoms with Crippen molar-refractivity contribution in [3.8, 4) is 6.07 Å². The molecule has 0 saturated carbocycles. The third-order valence-electron chi connectivity index (χ3n) is 4.80. The summed E-state index contributed by atoms with van der Waals surface area (Å²) in [5.41, 5.74) is 2.32. The summed E-state index contributed by atoms with van der Waals surface area (Å²) in [4.78, 5) is 12.7. The summed E-state index contributed by atoms with van der Waals surface area (Å²) in [6.07, 6.45) is 0.249. The average molecular weight is 452 g/mol. The van der Waals surface area contributed by atoms with E-state index in [1.807, 2.05) is 13.0 Å². The summed E-state index contributed by atoms with van der Waals surface area (Å²) in [5.74, 6) is -1.12. The number of rotatable bonds is 8. The highest BCUT2D eigenvalue weighted by atomic mass is 32.2. The van der Waals surface area contributed by atoms with E-state index < -0.39 is 28.3 Å². The van der Waals surface area contributed by atoms with Crippen LogP contribution in [0.25, 0.3) is 0 Å². The van der Waals surface area contributed by atoms with E-state index in [0.717, 1.165) is 15.4 Å². The smallest absolute Gasteiger partial charge is 0.243 e. The molecule has 0 bridgehead atoms. The number of halogens is 1. The Hall–Kier alpha value is -3.54. The van der Waals surface area contributed by atoms with Crippen LogP contribution in [0.3, 0.4) is 0 Å². The van der Waals surface area contributed by atoms with Crippen molar-refractivity contribution < 1.29 is 17.6 Å². The first-order chi connectivity index (χ1) is 15.3. The standard InChI is InChI=1S/C24H22FN3O3S/c1-18-6-12-22(13-7-18)32(30,31)28(16-20-4-2-3-5-23(20)25)17-24(29)27-21-10-8-19(9-11-21)14-15-26/h2-13H,14,16-17H2,1H3,(H,27,29). The van der Waals surface area contributed by atoms with Crippen LogP contribution in [-0.4, -0.2) is 25.2 Å². The van der Waals surface area contributed by atoms with E-state index in [4.69, 9.17) is 5.26 Å². The molecule has 32 heavy (non-hydrogen) atoms. The summed E-state index contributed by atoms with van der Waals surface area (Å²) >= 11 is 0. The van der Waals surface area contributed by atoms with Gasteiger partial charge in [0.1, 0.15) is 5.82 Å². The molecular weight excluding hydrogens is 429 g/mol. The molecular formula is C24H22FN3O3S. The number of carbonyl (C=O) groups is 1. The van der Waals surface area contributed by atoms with Gasteiger partial charge in [-0.25, -0.2) is 12.8 Å². The van der Waals surface area contributed by atoms with Gasteiger partial charge in [-0.1, -0.05) is 48.0 Å². The quantitative estimate of drug-likeness (QED) is 0.560. The van der Waals surface area contributed by atoms with Crippen molar-refractivity contribution in [2.45, 2.75) is 24.8 Å². The number of amides is 1. The van der Waals surface area contributed by atoms with Crippen LogP contribution in [0.1, 0.15) is 16.7 Å². The van der Waals surface area contributed by atoms with E-state index in [9.17, 15) is 17.6 Å². The minimum absolute atomic E-state index is 0.0214. The maximum absolute atomic E-state index is 14.2. The van der Waals surface area contributed by atoms with Gasteiger partial charge in [0.2, 0.25) is 15.9 Å². The minimum atomic E-state index is -4.06. The van der Waals surface area contributed by atoms with E-state index in [1.165, 1.54) is 30.3 Å². The van der Waals surface area contributed by atoms with Gasteiger partial charge in [0, 0.05) is 17.8 Å². The Morgan fingerprint density at radius 3 is 2.31 bits per heavy atom. The normalized spacial score (nSPS) is 11.2. The molecule has 164 valence electrons. The fourth-order valence-electron chi connectivity index (χ4n) is 3.06. The topological polar surface area (TPSA) is 90.3 Å². The highest BCUT2D eigenvalue weighted by molar-refractivity contribution is 7.89. The molecule has 1 amide bonds. The molecule has 0 heterocycles. The number of hydrogen-bond donors (Lipinski definition) is 1. The Morgan fingerprint density at radius 2 is 1.69 bits per heavy atom. The van der Waals surface area contributed by atoms with Crippen LogP contribution in [0.4, 0.5) is 10.1 Å². The molecule has 8 heteroatoms. The number of hydrogen-bond acceptors (Lipinski definition) is 4. The third kappa shape index (κ3) is 5.78. The molecule has 0 fully saturated rings. The predicted octanol–water partition coefficient (Wildman–Crippen LogP) is 4.03. The van der Waals surface area contributed by atoms with Crippen molar-refractivity contribution in [1.82, 2.24) is 4.31 Å². The Kier molecular flexibility index (Phi) is 7.36. The van der Waals surface area contributed by atoms with Crippen molar-refractivity contribution >= 4 is 21.6 Å². The largest absolute Gasteiger partial charge is 0.325 e. The van der Waals surface area contributed by atoms with Gasteiger partial charge in [0.15, 0.2) is 0 Å². The monoisotopic (exact) mass is 451 g/mol. The summed E-state index contributed by atoms with van der Waals surface area (Å²) < 4.78 is 41.7. The molecule has 0 radical (unpaired) electrons. The lowest BCUT2D eigenvalue weighted by Crippen LogP contribution is -2.37. The predicted molar refractivity (Wildman–Crippen MR) is 120 cm³/mol. The first-order valence-electron chi connectivity index (χ1n) is 9.85. The number of aryl methyl sites for hydroxylation is 1. The van der Waals surface area contributed by atoms with Crippen LogP contribution in [0.15, 0.2) is 77.7 Å². The number of nitrogens with zero attached hydrogens (tertiary/aromatic N) is 2. The van der Waals surface area contributed by atoms with Crippen LogP contribution < -0.4 is 5.32 Å². The number of nitriles is 1. The van der Waals surface area contributed by atoms with Crippen molar-refractivity contribution in [3.05, 3.63) is 95.3 Å². The second kappa shape index (κ2) is 10.2. The fourth-order valence-corrected chi connectivity index (χ4v) is 4.43. The van der Waals surface area contributed by atoms with Gasteiger partial charge in [-0.05, 0) is 42.8 Å². The summed E-state index contributed by atoms with van der Waals surface area (Å²) in [5, 5.41) is 11.4. The Bertz CT molecular complexity index is 1230. The van der Waals surface area contributed by atoms with E-state index >= 15 is 0 Å². The molecule has 0 aliphatic heterocycles. The Labute approximate surface area is 187 Å². The van der Waals surface area contributed by atoms with Gasteiger partial charge >= 0.3 is 0 Å². The molecule has 3 aromatic rings. The van der Waals surface area contributed by atoms with E-state index in [-0.39, 0.29) is 23.4 Å². The van der Waals surface area contributed by atoms with Crippen molar-refractivity contribution in [2.24, 2.45) is 0 Å². The van der Waals surface area contributed by atoms with Crippen molar-refractivity contribution in [2.75, 3.05) is 11.9 Å². The summed E-state index contributed by atoms with van der Waals surface area (Å²) in [6, 6.07) is 20.8. The fraction of sp³-hybridized carbons (Fsp3) is 0.167. The first kappa shape index (κ1) is 23.1. The van der Waals surface area contributed by atoms with Gasteiger partial charge in [-0.3, -0.25) is 4.79 Å². The number of nitrogens with one attached hydrogen (secondary N) is 1. The van der Waals surface area contributed by atoms with E-state index in [2.05, 4.69) is 5.32 Å². The van der Waals surface area contributed by atoms with Crippen LogP contribution in [0.2, 0.25) is 0 Å². The van der Waals surface area contributed by atoms with Gasteiger partial charge in [-0.15, -0.1) is 0 Å². The van der Waals surface area contributed by atoms with Crippen LogP contribution in [-0.2, 0) is 27.8 Å². The van der Waals surface area contributed by atoms with Crippen LogP contribution in [0.5, 0.6) is 0 Å². The first-order valence-corrected chi connectivity index (χ1v) is 11.3. The molecule has 0 spiro atoms. The van der Waals surface area contributed by atoms with E-state index in [0.29, 0.717) is 5.69 Å². The number of carbonyl (C=O) groups excluding carboxylic acids is 1. The molecule has 3 rings (SSSR count). The molecule has 0 atom stereocenters. The Balaban J connectivity index is 1.84. The van der Waals surface area contributed by atoms with Gasteiger partial charge in [0.25, 0.3) is 0 Å². The second-order valence-electron chi connectivity index (χ2n) is 7.26. The molecule has 6 nitrogen and oxygen atoms in total. The maximum Gasteiger partial charge on any atom is 0.243 e. The Morgan fingerprint density at radius 1 is 1.03 bits per heavy atom. The second-order valence-corrected chi connectivity index (χ2v) is 9.20. The zero-order valence-corrected chi connectivity index (χ0v) is 18.3. The molecule has 0 unspecified atom stereocenters. The zero-order valence-electron chi connectivity index (χ0n) is 17.5. The van der Waals surface area contributed by atoms with Gasteiger partial charge in [0.05, 0.1) is 23.9 Å². The van der Waals surface area contributed by atoms with Gasteiger partial charge in [-0.2, -0.15) is 9.57 Å². The lowest BCUT2D eigenvalue weighted by Gasteiger charge is -2.22. The SMILES string of the molecule is Cc1ccc(S(=O)(=O)N(CC(=O)Nc2ccc(CC#N)cc2)Cc2ccccc2F)cc1. The number of benzene rings is 3. The lowest BCUT2D eigenvalue weighted by atomic mass is 10.1. The molecule has 3 aromatic carbocycles. The molecule has 0 aliphatic rings. The average Bonchev–Trinajstić information content (AvgIpc) is 2.76. The lowest BCUT2D eigenvalue weighted by molar-refractivity contribution is -0.116. The summed E-state index contributed by atoms with van der Waals surface area (Å²) in [7, 11) is -4.06. The summed E-state index contributed by atoms with van der Waals surface area (Å²) in [6.45, 7) is 1.05. The molecule has 0 aliphatic carbocycles. The highest BCUT2D eigenvalue weighted by Gasteiger charge is 2.27. The molecule has 0 saturated heterocycles. The zero-order chi connectivity index (χ0) is 23.1. The van der Waals surface area contributed by atoms with Crippen molar-refractivity contribution in [3.63, 3.8) is 0 Å². The van der Waals surface area contributed by atoms with Crippen LogP contribution in [0, 0.1) is 24.1 Å². The van der Waals surface area contributed by atoms with Crippen molar-refractivity contribution in [1.29, 1.82) is 5.26 Å². The number of anilines is 1. The minimum Gasteiger partial charge on any atom is -0.325 e. The van der Waals surface area contributed by atoms with E-state index in [1.54, 1.807) is 42.5 Å². The third-order valence-corrected chi connectivity index (χ3v) is 6.61. The van der Waals surface area contributed by atoms with Crippen LogP contribution >= 0.6 is 0 Å². The maximum atomic E-state index is 14.2. The highest BCUT2D eigenvalue weighted by Crippen LogP contribution is 2.20. The number of sulfonamides is 1. The molecule has 0 aromatic heterocycles. The van der Waals surface area contributed by atoms with Gasteiger partial charge < -0.3 is 5.32 Å².